The van der Waals surface area contributed by atoms with Gasteiger partial charge in [0.1, 0.15) is 0 Å². The number of benzene rings is 2. The Balaban J connectivity index is 1.82. The quantitative estimate of drug-likeness (QED) is 0.743. The van der Waals surface area contributed by atoms with Crippen LogP contribution in [0.2, 0.25) is 0 Å². The summed E-state index contributed by atoms with van der Waals surface area (Å²) in [5.41, 5.74) is 2.19. The molecule has 0 unspecified atom stereocenters. The standard InChI is InChI=1S/C19H21N5/c1-15(2)24(14-16-9-5-3-6-10-16)19-22-18(13-20-23-19)21-17-11-7-4-8-12-17/h3-13,15H,14H2,1-2H3,(H,21,22,23). The fraction of sp³-hybridized carbons (Fsp3) is 0.211. The predicted octanol–water partition coefficient (Wildman–Crippen LogP) is 4.03. The number of nitrogens with zero attached hydrogens (tertiary/aromatic N) is 4. The van der Waals surface area contributed by atoms with Gasteiger partial charge in [-0.25, -0.2) is 0 Å². The van der Waals surface area contributed by atoms with Gasteiger partial charge in [-0.15, -0.1) is 5.10 Å². The van der Waals surface area contributed by atoms with E-state index in [0.29, 0.717) is 11.8 Å². The first-order valence-electron chi connectivity index (χ1n) is 8.05. The van der Waals surface area contributed by atoms with E-state index in [1.165, 1.54) is 5.56 Å². The summed E-state index contributed by atoms with van der Waals surface area (Å²) in [5.74, 6) is 1.31. The van der Waals surface area contributed by atoms with Crippen LogP contribution >= 0.6 is 0 Å². The Bertz CT molecular complexity index is 759. The number of anilines is 3. The molecule has 3 rings (SSSR count). The van der Waals surface area contributed by atoms with Crippen LogP contribution in [-0.2, 0) is 6.54 Å². The number of rotatable bonds is 6. The zero-order chi connectivity index (χ0) is 16.8. The van der Waals surface area contributed by atoms with Crippen molar-refractivity contribution in [3.8, 4) is 0 Å². The molecule has 0 aliphatic rings. The van der Waals surface area contributed by atoms with Crippen LogP contribution < -0.4 is 10.2 Å². The van der Waals surface area contributed by atoms with E-state index in [4.69, 9.17) is 0 Å². The van der Waals surface area contributed by atoms with Crippen LogP contribution in [-0.4, -0.2) is 21.2 Å². The van der Waals surface area contributed by atoms with E-state index in [9.17, 15) is 0 Å². The molecule has 1 N–H and O–H groups in total. The van der Waals surface area contributed by atoms with Crippen LogP contribution in [0.1, 0.15) is 19.4 Å². The van der Waals surface area contributed by atoms with Gasteiger partial charge < -0.3 is 10.2 Å². The van der Waals surface area contributed by atoms with Crippen molar-refractivity contribution in [2.24, 2.45) is 0 Å². The average Bonchev–Trinajstić information content (AvgIpc) is 2.61. The third-order valence-corrected chi connectivity index (χ3v) is 3.67. The Morgan fingerprint density at radius 3 is 2.29 bits per heavy atom. The van der Waals surface area contributed by atoms with Gasteiger partial charge >= 0.3 is 0 Å². The molecule has 0 fully saturated rings. The van der Waals surface area contributed by atoms with Crippen molar-refractivity contribution in [1.82, 2.24) is 15.2 Å². The third-order valence-electron chi connectivity index (χ3n) is 3.67. The molecule has 122 valence electrons. The lowest BCUT2D eigenvalue weighted by molar-refractivity contribution is 0.653. The van der Waals surface area contributed by atoms with Crippen LogP contribution in [0.15, 0.2) is 66.9 Å². The number of hydrogen-bond donors (Lipinski definition) is 1. The Labute approximate surface area is 142 Å². The van der Waals surface area contributed by atoms with E-state index in [1.807, 2.05) is 48.5 Å². The van der Waals surface area contributed by atoms with Gasteiger partial charge in [0.05, 0.1) is 6.20 Å². The van der Waals surface area contributed by atoms with Gasteiger partial charge in [0.2, 0.25) is 5.95 Å². The topological polar surface area (TPSA) is 53.9 Å². The third kappa shape index (κ3) is 4.07. The minimum Gasteiger partial charge on any atom is -0.339 e. The molecule has 0 aliphatic heterocycles. The molecule has 1 aromatic heterocycles. The minimum absolute atomic E-state index is 0.263. The molecule has 0 saturated heterocycles. The van der Waals surface area contributed by atoms with Crippen molar-refractivity contribution >= 4 is 17.5 Å². The van der Waals surface area contributed by atoms with Gasteiger partial charge in [-0.3, -0.25) is 0 Å². The Hall–Kier alpha value is -2.95. The van der Waals surface area contributed by atoms with Crippen LogP contribution in [0, 0.1) is 0 Å². The molecule has 0 atom stereocenters. The maximum Gasteiger partial charge on any atom is 0.247 e. The molecular weight excluding hydrogens is 298 g/mol. The second kappa shape index (κ2) is 7.55. The highest BCUT2D eigenvalue weighted by Gasteiger charge is 2.15. The molecule has 3 aromatic rings. The lowest BCUT2D eigenvalue weighted by atomic mass is 10.2. The predicted molar refractivity (Wildman–Crippen MR) is 97.3 cm³/mol. The number of nitrogens with one attached hydrogen (secondary N) is 1. The summed E-state index contributed by atoms with van der Waals surface area (Å²) in [6.07, 6.45) is 1.64. The zero-order valence-corrected chi connectivity index (χ0v) is 13.9. The zero-order valence-electron chi connectivity index (χ0n) is 13.9. The molecule has 24 heavy (non-hydrogen) atoms. The second-order valence-electron chi connectivity index (χ2n) is 5.84. The number of aromatic nitrogens is 3. The highest BCUT2D eigenvalue weighted by atomic mass is 15.3. The average molecular weight is 319 g/mol. The number of hydrogen-bond acceptors (Lipinski definition) is 5. The first-order valence-corrected chi connectivity index (χ1v) is 8.05. The number of para-hydroxylation sites is 1. The molecule has 0 radical (unpaired) electrons. The molecule has 0 saturated carbocycles. The maximum absolute atomic E-state index is 4.63. The minimum atomic E-state index is 0.263. The van der Waals surface area contributed by atoms with Gasteiger partial charge in [0, 0.05) is 18.3 Å². The first-order chi connectivity index (χ1) is 11.7. The highest BCUT2D eigenvalue weighted by Crippen LogP contribution is 2.18. The summed E-state index contributed by atoms with van der Waals surface area (Å²) in [5, 5.41) is 11.6. The molecular formula is C19H21N5. The maximum atomic E-state index is 4.63. The molecule has 1 heterocycles. The van der Waals surface area contributed by atoms with Crippen LogP contribution in [0.3, 0.4) is 0 Å². The van der Waals surface area contributed by atoms with Crippen molar-refractivity contribution in [3.05, 3.63) is 72.4 Å². The summed E-state index contributed by atoms with van der Waals surface area (Å²) in [6, 6.07) is 20.5. The van der Waals surface area contributed by atoms with Gasteiger partial charge in [-0.1, -0.05) is 48.5 Å². The SMILES string of the molecule is CC(C)N(Cc1ccccc1)c1nncc(Nc2ccccc2)n1. The van der Waals surface area contributed by atoms with Crippen LogP contribution in [0.4, 0.5) is 17.5 Å². The molecule has 0 aliphatic carbocycles. The molecule has 0 bridgehead atoms. The Kier molecular flexibility index (Phi) is 5.01. The lowest BCUT2D eigenvalue weighted by Crippen LogP contribution is -2.32. The van der Waals surface area contributed by atoms with Crippen molar-refractivity contribution in [2.45, 2.75) is 26.4 Å². The molecule has 5 nitrogen and oxygen atoms in total. The van der Waals surface area contributed by atoms with Gasteiger partial charge in [0.15, 0.2) is 5.82 Å². The summed E-state index contributed by atoms with van der Waals surface area (Å²) in [7, 11) is 0. The van der Waals surface area contributed by atoms with E-state index in [-0.39, 0.29) is 6.04 Å². The van der Waals surface area contributed by atoms with Crippen LogP contribution in [0.25, 0.3) is 0 Å². The molecule has 5 heteroatoms. The highest BCUT2D eigenvalue weighted by molar-refractivity contribution is 5.55. The van der Waals surface area contributed by atoms with E-state index in [2.05, 4.69) is 51.4 Å². The summed E-state index contributed by atoms with van der Waals surface area (Å²) < 4.78 is 0. The van der Waals surface area contributed by atoms with Gasteiger partial charge in [-0.2, -0.15) is 10.1 Å². The summed E-state index contributed by atoms with van der Waals surface area (Å²) in [4.78, 5) is 6.76. The smallest absolute Gasteiger partial charge is 0.247 e. The normalized spacial score (nSPS) is 10.6. The monoisotopic (exact) mass is 319 g/mol. The Morgan fingerprint density at radius 1 is 0.958 bits per heavy atom. The molecule has 0 spiro atoms. The molecule has 0 amide bonds. The summed E-state index contributed by atoms with van der Waals surface area (Å²) in [6.45, 7) is 5.00. The van der Waals surface area contributed by atoms with Gasteiger partial charge in [0.25, 0.3) is 0 Å². The largest absolute Gasteiger partial charge is 0.339 e. The first kappa shape index (κ1) is 15.9. The van der Waals surface area contributed by atoms with Crippen LogP contribution in [0.5, 0.6) is 0 Å². The van der Waals surface area contributed by atoms with E-state index in [0.717, 1.165) is 12.2 Å². The Morgan fingerprint density at radius 2 is 1.62 bits per heavy atom. The van der Waals surface area contributed by atoms with Crippen molar-refractivity contribution < 1.29 is 0 Å². The summed E-state index contributed by atoms with van der Waals surface area (Å²) >= 11 is 0. The molecule has 2 aromatic carbocycles. The van der Waals surface area contributed by atoms with E-state index >= 15 is 0 Å². The second-order valence-corrected chi connectivity index (χ2v) is 5.84. The van der Waals surface area contributed by atoms with Gasteiger partial charge in [-0.05, 0) is 31.5 Å². The fourth-order valence-corrected chi connectivity index (χ4v) is 2.41. The van der Waals surface area contributed by atoms with Crippen molar-refractivity contribution in [1.29, 1.82) is 0 Å². The van der Waals surface area contributed by atoms with E-state index in [1.54, 1.807) is 6.20 Å². The fourth-order valence-electron chi connectivity index (χ4n) is 2.41. The van der Waals surface area contributed by atoms with Crippen molar-refractivity contribution in [3.63, 3.8) is 0 Å². The van der Waals surface area contributed by atoms with E-state index < -0.39 is 0 Å². The van der Waals surface area contributed by atoms with Crippen molar-refractivity contribution in [2.75, 3.05) is 10.2 Å². The lowest BCUT2D eigenvalue weighted by Gasteiger charge is -2.26.